The molecule has 0 aliphatic carbocycles. The largest absolute Gasteiger partial charge is 0.319 e. The second-order valence-electron chi connectivity index (χ2n) is 30.0. The molecule has 0 aliphatic heterocycles. The zero-order valence-corrected chi connectivity index (χ0v) is 68.0. The number of nitrogens with zero attached hydrogens (tertiary/aromatic N) is 1. The van der Waals surface area contributed by atoms with Crippen molar-refractivity contribution < 1.29 is 13.7 Å². The summed E-state index contributed by atoms with van der Waals surface area (Å²) in [5.74, 6) is 0. The van der Waals surface area contributed by atoms with Gasteiger partial charge in [0.15, 0.2) is 0 Å². The lowest BCUT2D eigenvalue weighted by atomic mass is 9.91. The molecule has 0 N–H and O–H groups in total. The molecule has 0 spiro atoms. The maximum Gasteiger partial charge on any atom is 0.119 e. The van der Waals surface area contributed by atoms with Gasteiger partial charge < -0.3 is 13.7 Å². The standard InChI is InChI=1S/C33H24NOP.C29H25P.C26H21OP.C10H9OPS3/c1-36(2,35)26-16-13-23-15-18-29-31(25-12-11-21-7-3-4-9-24(21)19-25)28-17-14-22-8-5-6-10-27(22)32(28)34-33(29)30(23)20-26;1-30(2,3)29-26-15-9-7-13-24(26)28(25-14-8-10-16-27(25)29)23-19-17-22(18-20-23)21-11-5-4-6-12-21;1-28(2,27)26-23-13-7-5-11-21(23)25(22-12-6-8-14-24(22)26)20-16-15-18-9-3-4-10-19(18)17-20;1-12(2,11)8-5-7-10(15-8)9-6(14-7)3-4-13-9/h3-20H,1-2H3;4-20H,1H2,2-3H3;3-17H,1-2H3;3-5H,1-2H3. The van der Waals surface area contributed by atoms with Crippen LogP contribution in [0.4, 0.5) is 0 Å². The molecular formula is C98H79NO3P4S3. The van der Waals surface area contributed by atoms with Crippen LogP contribution in [0.1, 0.15) is 0 Å². The van der Waals surface area contributed by atoms with E-state index in [-0.39, 0.29) is 0 Å². The normalized spacial score (nSPS) is 12.2. The Labute approximate surface area is 648 Å². The number of benzene rings is 16. The van der Waals surface area contributed by atoms with Crippen molar-refractivity contribution in [2.75, 3.05) is 53.3 Å². The smallest absolute Gasteiger partial charge is 0.119 e. The van der Waals surface area contributed by atoms with Crippen molar-refractivity contribution >= 4 is 216 Å². The predicted octanol–water partition coefficient (Wildman–Crippen LogP) is 27.9. The van der Waals surface area contributed by atoms with Gasteiger partial charge in [-0.3, -0.25) is 0 Å². The van der Waals surface area contributed by atoms with Gasteiger partial charge in [0.2, 0.25) is 0 Å². The highest BCUT2D eigenvalue weighted by molar-refractivity contribution is 7.80. The van der Waals surface area contributed by atoms with Crippen LogP contribution in [0.2, 0.25) is 0 Å². The van der Waals surface area contributed by atoms with E-state index >= 15 is 0 Å². The Balaban J connectivity index is 0.000000110. The minimum Gasteiger partial charge on any atom is -0.319 e. The van der Waals surface area contributed by atoms with Crippen LogP contribution in [0.15, 0.2) is 321 Å². The minimum atomic E-state index is -2.46. The molecule has 0 atom stereocenters. The summed E-state index contributed by atoms with van der Waals surface area (Å²) in [6.07, 6.45) is 4.60. The van der Waals surface area contributed by atoms with E-state index in [2.05, 4.69) is 322 Å². The molecule has 0 bridgehead atoms. The monoisotopic (exact) mass is 1540 g/mol. The van der Waals surface area contributed by atoms with E-state index in [1.807, 2.05) is 58.2 Å². The van der Waals surface area contributed by atoms with Gasteiger partial charge in [-0.15, -0.1) is 34.0 Å². The third-order valence-corrected chi connectivity index (χ3v) is 31.8. The fraction of sp³-hybridized carbons (Fsp3) is 0.0816. The van der Waals surface area contributed by atoms with Crippen LogP contribution in [0.3, 0.4) is 0 Å². The van der Waals surface area contributed by atoms with Gasteiger partial charge in [-0.2, -0.15) is 0 Å². The highest BCUT2D eigenvalue weighted by Crippen LogP contribution is 2.50. The SMILES string of the molecule is C=P(C)(C)c1c2ccccc2c(-c2ccc(-c3ccccc3)cc2)c2ccccc12.CP(C)(=O)c1c2ccccc2c(-c2ccc3ccccc3c2)c2ccccc12.CP(C)(=O)c1cc2sc3ccsc3c2s1.CP(C)(=O)c1ccc2ccc3c(-c4ccc5ccccc5c4)c4ccc5ccccc5c4nc3c2c1. The fourth-order valence-electron chi connectivity index (χ4n) is 15.8. The van der Waals surface area contributed by atoms with Crippen molar-refractivity contribution in [3.05, 3.63) is 321 Å². The Hall–Kier alpha value is -10.1. The molecular weight excluding hydrogens is 1460 g/mol. The van der Waals surface area contributed by atoms with E-state index in [9.17, 15) is 13.7 Å². The van der Waals surface area contributed by atoms with Crippen molar-refractivity contribution in [2.24, 2.45) is 0 Å². The number of thiophene rings is 3. The molecule has 109 heavy (non-hydrogen) atoms. The van der Waals surface area contributed by atoms with E-state index in [0.717, 1.165) is 74.7 Å². The molecule has 4 nitrogen and oxygen atoms in total. The van der Waals surface area contributed by atoms with E-state index in [1.165, 1.54) is 117 Å². The molecule has 0 saturated heterocycles. The molecule has 0 amide bonds. The Kier molecular flexibility index (Phi) is 18.9. The lowest BCUT2D eigenvalue weighted by Crippen LogP contribution is -2.08. The van der Waals surface area contributed by atoms with Crippen molar-refractivity contribution in [3.8, 4) is 44.5 Å². The summed E-state index contributed by atoms with van der Waals surface area (Å²) in [6, 6.07) is 112. The van der Waals surface area contributed by atoms with Crippen molar-refractivity contribution in [1.82, 2.24) is 4.98 Å². The second-order valence-corrected chi connectivity index (χ2v) is 46.7. The first kappa shape index (κ1) is 71.8. The number of aromatic nitrogens is 1. The number of pyridine rings is 1. The van der Waals surface area contributed by atoms with Gasteiger partial charge in [0.25, 0.3) is 0 Å². The van der Waals surface area contributed by atoms with Crippen LogP contribution in [-0.2, 0) is 13.7 Å². The maximum atomic E-state index is 13.3. The van der Waals surface area contributed by atoms with Crippen LogP contribution in [0.5, 0.6) is 0 Å². The molecule has 0 radical (unpaired) electrons. The fourth-order valence-corrected chi connectivity index (χ4v) is 25.1. The Morgan fingerprint density at radius 1 is 0.275 bits per heavy atom. The molecule has 0 aliphatic rings. The van der Waals surface area contributed by atoms with Crippen LogP contribution in [0, 0.1) is 0 Å². The van der Waals surface area contributed by atoms with E-state index < -0.39 is 28.3 Å². The van der Waals surface area contributed by atoms with Gasteiger partial charge in [0.05, 0.1) is 25.1 Å². The van der Waals surface area contributed by atoms with Gasteiger partial charge in [0.1, 0.15) is 21.4 Å². The molecule has 20 aromatic rings. The average Bonchev–Trinajstić information content (AvgIpc) is 1.56. The Morgan fingerprint density at radius 3 is 1.17 bits per heavy atom. The van der Waals surface area contributed by atoms with Gasteiger partial charge in [0, 0.05) is 47.1 Å². The van der Waals surface area contributed by atoms with Crippen LogP contribution in [0.25, 0.3) is 171 Å². The molecule has 4 heterocycles. The number of hydrogen-bond acceptors (Lipinski definition) is 7. The van der Waals surface area contributed by atoms with Crippen molar-refractivity contribution in [2.45, 2.75) is 0 Å². The predicted molar refractivity (Wildman–Crippen MR) is 492 cm³/mol. The van der Waals surface area contributed by atoms with E-state index in [4.69, 9.17) is 4.98 Å². The molecule has 16 aromatic carbocycles. The molecule has 0 fully saturated rings. The third-order valence-electron chi connectivity index (χ3n) is 20.8. The van der Waals surface area contributed by atoms with Crippen LogP contribution in [-0.4, -0.2) is 64.6 Å². The quantitative estimate of drug-likeness (QED) is 0.0864. The first-order valence-corrected chi connectivity index (χ1v) is 49.7. The Morgan fingerprint density at radius 2 is 0.670 bits per heavy atom. The molecule has 0 saturated carbocycles. The molecule has 0 unspecified atom stereocenters. The summed E-state index contributed by atoms with van der Waals surface area (Å²) in [5, 5.41) is 26.9. The topological polar surface area (TPSA) is 64.1 Å². The highest BCUT2D eigenvalue weighted by Gasteiger charge is 2.25. The van der Waals surface area contributed by atoms with Gasteiger partial charge >= 0.3 is 0 Å². The third kappa shape index (κ3) is 13.7. The average molecular weight is 1540 g/mol. The summed E-state index contributed by atoms with van der Waals surface area (Å²) in [7, 11) is -6.96. The second kappa shape index (κ2) is 28.7. The molecule has 11 heteroatoms. The lowest BCUT2D eigenvalue weighted by Gasteiger charge is -2.22. The lowest BCUT2D eigenvalue weighted by molar-refractivity contribution is 0.587. The number of hydrogen-bond donors (Lipinski definition) is 0. The summed E-state index contributed by atoms with van der Waals surface area (Å²) in [6.45, 7) is 14.2. The molecule has 4 aromatic heterocycles. The minimum absolute atomic E-state index is 0.884. The van der Waals surface area contributed by atoms with E-state index in [1.54, 1.807) is 34.0 Å². The zero-order chi connectivity index (χ0) is 75.1. The van der Waals surface area contributed by atoms with Crippen molar-refractivity contribution in [1.29, 1.82) is 0 Å². The summed E-state index contributed by atoms with van der Waals surface area (Å²) >= 11 is 5.29. The van der Waals surface area contributed by atoms with Crippen LogP contribution >= 0.6 is 62.3 Å². The van der Waals surface area contributed by atoms with Gasteiger partial charge in [-0.05, 0) is 209 Å². The first-order valence-electron chi connectivity index (χ1n) is 36.5. The molecule has 532 valence electrons. The summed E-state index contributed by atoms with van der Waals surface area (Å²) in [4.78, 5) is 5.32. The van der Waals surface area contributed by atoms with E-state index in [0.29, 0.717) is 0 Å². The number of fused-ring (bicyclic) bond motifs is 15. The number of rotatable bonds is 8. The maximum absolute atomic E-state index is 13.3. The Bertz CT molecular complexity index is 7120. The van der Waals surface area contributed by atoms with Crippen LogP contribution < -0.4 is 20.5 Å². The van der Waals surface area contributed by atoms with Gasteiger partial charge in [-0.1, -0.05) is 298 Å². The molecule has 20 rings (SSSR count). The van der Waals surface area contributed by atoms with Crippen molar-refractivity contribution in [3.63, 3.8) is 0 Å². The first-order chi connectivity index (χ1) is 52.6. The van der Waals surface area contributed by atoms with Gasteiger partial charge in [-0.25, -0.2) is 4.98 Å². The summed E-state index contributed by atoms with van der Waals surface area (Å²) < 4.78 is 44.6. The zero-order valence-electron chi connectivity index (χ0n) is 62.0. The summed E-state index contributed by atoms with van der Waals surface area (Å²) in [5.41, 5.74) is 11.8. The highest BCUT2D eigenvalue weighted by atomic mass is 32.1.